The molecule has 0 spiro atoms. The minimum absolute atomic E-state index is 0.0204. The van der Waals surface area contributed by atoms with Gasteiger partial charge in [-0.25, -0.2) is 12.8 Å². The van der Waals surface area contributed by atoms with Crippen LogP contribution >= 0.6 is 11.6 Å². The molecule has 3 aromatic rings. The second-order valence-electron chi connectivity index (χ2n) is 6.62. The Kier molecular flexibility index (Phi) is 6.53. The molecule has 0 aliphatic rings. The lowest BCUT2D eigenvalue weighted by atomic mass is 10.2. The summed E-state index contributed by atoms with van der Waals surface area (Å²) in [5.41, 5.74) is 1.47. The van der Waals surface area contributed by atoms with Crippen LogP contribution in [0.2, 0.25) is 5.02 Å². The van der Waals surface area contributed by atoms with Gasteiger partial charge >= 0.3 is 0 Å². The maximum absolute atomic E-state index is 13.9. The first-order valence-electron chi connectivity index (χ1n) is 9.01. The van der Waals surface area contributed by atoms with Crippen LogP contribution in [-0.4, -0.2) is 22.6 Å². The van der Waals surface area contributed by atoms with Gasteiger partial charge in [0.25, 0.3) is 10.0 Å². The van der Waals surface area contributed by atoms with E-state index < -0.39 is 15.8 Å². The molecule has 0 fully saturated rings. The van der Waals surface area contributed by atoms with E-state index in [4.69, 9.17) is 21.1 Å². The molecule has 0 aliphatic heterocycles. The maximum Gasteiger partial charge on any atom is 0.264 e. The van der Waals surface area contributed by atoms with E-state index in [1.165, 1.54) is 30.7 Å². The number of anilines is 1. The fourth-order valence-electron chi connectivity index (χ4n) is 3.02. The summed E-state index contributed by atoms with van der Waals surface area (Å²) in [6.45, 7) is 1.61. The molecule has 0 aromatic heterocycles. The highest BCUT2D eigenvalue weighted by Crippen LogP contribution is 2.31. The number of hydrogen-bond donors (Lipinski definition) is 0. The predicted octanol–water partition coefficient (Wildman–Crippen LogP) is 5.20. The molecule has 8 heteroatoms. The van der Waals surface area contributed by atoms with Gasteiger partial charge < -0.3 is 9.47 Å². The molecule has 0 amide bonds. The largest absolute Gasteiger partial charge is 0.497 e. The molecule has 158 valence electrons. The number of nitrogens with zero attached hydrogens (tertiary/aromatic N) is 1. The van der Waals surface area contributed by atoms with Crippen LogP contribution in [0.1, 0.15) is 11.1 Å². The summed E-state index contributed by atoms with van der Waals surface area (Å²) in [6.07, 6.45) is 0. The van der Waals surface area contributed by atoms with Gasteiger partial charge in [0.05, 0.1) is 31.3 Å². The van der Waals surface area contributed by atoms with Crippen molar-refractivity contribution in [2.75, 3.05) is 18.5 Å². The Morgan fingerprint density at radius 3 is 2.10 bits per heavy atom. The van der Waals surface area contributed by atoms with Crippen LogP contribution in [0.3, 0.4) is 0 Å². The molecule has 0 atom stereocenters. The van der Waals surface area contributed by atoms with Gasteiger partial charge in [-0.2, -0.15) is 0 Å². The van der Waals surface area contributed by atoms with Crippen molar-refractivity contribution < 1.29 is 22.3 Å². The summed E-state index contributed by atoms with van der Waals surface area (Å²) >= 11 is 5.98. The smallest absolute Gasteiger partial charge is 0.264 e. The fraction of sp³-hybridized carbons (Fsp3) is 0.182. The molecule has 0 unspecified atom stereocenters. The highest BCUT2D eigenvalue weighted by atomic mass is 35.5. The van der Waals surface area contributed by atoms with Crippen molar-refractivity contribution in [3.8, 4) is 11.5 Å². The third-order valence-electron chi connectivity index (χ3n) is 4.57. The Hall–Kier alpha value is -2.77. The van der Waals surface area contributed by atoms with E-state index in [1.807, 2.05) is 0 Å². The van der Waals surface area contributed by atoms with Gasteiger partial charge in [-0.05, 0) is 66.6 Å². The van der Waals surface area contributed by atoms with E-state index in [-0.39, 0.29) is 11.4 Å². The van der Waals surface area contributed by atoms with E-state index >= 15 is 0 Å². The van der Waals surface area contributed by atoms with E-state index in [0.717, 1.165) is 6.07 Å². The van der Waals surface area contributed by atoms with Crippen LogP contribution in [0.25, 0.3) is 0 Å². The van der Waals surface area contributed by atoms with Crippen molar-refractivity contribution in [2.24, 2.45) is 0 Å². The minimum atomic E-state index is -4.09. The van der Waals surface area contributed by atoms with Crippen LogP contribution in [0.5, 0.6) is 11.5 Å². The molecular formula is C22H21ClFNO4S. The monoisotopic (exact) mass is 449 g/mol. The minimum Gasteiger partial charge on any atom is -0.497 e. The van der Waals surface area contributed by atoms with E-state index in [1.54, 1.807) is 49.4 Å². The van der Waals surface area contributed by atoms with Crippen LogP contribution in [0.4, 0.5) is 10.1 Å². The summed E-state index contributed by atoms with van der Waals surface area (Å²) in [5, 5.41) is 0.473. The Labute approximate surface area is 180 Å². The normalized spacial score (nSPS) is 11.2. The first kappa shape index (κ1) is 21.9. The zero-order valence-corrected chi connectivity index (χ0v) is 18.3. The van der Waals surface area contributed by atoms with Gasteiger partial charge in [0.1, 0.15) is 17.3 Å². The Morgan fingerprint density at radius 2 is 1.53 bits per heavy atom. The molecule has 3 rings (SSSR count). The number of benzene rings is 3. The maximum atomic E-state index is 13.9. The van der Waals surface area contributed by atoms with Crippen molar-refractivity contribution in [2.45, 2.75) is 18.4 Å². The Balaban J connectivity index is 2.14. The third kappa shape index (κ3) is 4.68. The molecule has 0 N–H and O–H groups in total. The average Bonchev–Trinajstić information content (AvgIpc) is 2.74. The van der Waals surface area contributed by atoms with Crippen molar-refractivity contribution in [1.29, 1.82) is 0 Å². The van der Waals surface area contributed by atoms with Crippen LogP contribution in [0, 0.1) is 12.7 Å². The van der Waals surface area contributed by atoms with Crippen molar-refractivity contribution in [1.82, 2.24) is 0 Å². The SMILES string of the molecule is COc1cc(CN(c2ccc(Cl)cc2)S(=O)(=O)c2cc(F)ccc2C)cc(OC)c1. The first-order chi connectivity index (χ1) is 14.2. The molecule has 0 heterocycles. The van der Waals surface area contributed by atoms with Gasteiger partial charge in [0, 0.05) is 11.1 Å². The van der Waals surface area contributed by atoms with Crippen molar-refractivity contribution in [3.63, 3.8) is 0 Å². The number of rotatable bonds is 7. The molecule has 0 saturated heterocycles. The number of methoxy groups -OCH3 is 2. The molecule has 3 aromatic carbocycles. The number of ether oxygens (including phenoxy) is 2. The molecule has 0 radical (unpaired) electrons. The van der Waals surface area contributed by atoms with Crippen LogP contribution in [0.15, 0.2) is 65.6 Å². The topological polar surface area (TPSA) is 55.8 Å². The lowest BCUT2D eigenvalue weighted by molar-refractivity contribution is 0.393. The summed E-state index contributed by atoms with van der Waals surface area (Å²) in [5.74, 6) is 0.428. The lowest BCUT2D eigenvalue weighted by Crippen LogP contribution is -2.31. The van der Waals surface area contributed by atoms with Crippen LogP contribution in [-0.2, 0) is 16.6 Å². The second kappa shape index (κ2) is 8.93. The van der Waals surface area contributed by atoms with Gasteiger partial charge in [-0.3, -0.25) is 4.31 Å². The first-order valence-corrected chi connectivity index (χ1v) is 10.8. The average molecular weight is 450 g/mol. The van der Waals surface area contributed by atoms with Gasteiger partial charge in [-0.1, -0.05) is 17.7 Å². The Bertz CT molecular complexity index is 1130. The van der Waals surface area contributed by atoms with Gasteiger partial charge in [-0.15, -0.1) is 0 Å². The zero-order valence-electron chi connectivity index (χ0n) is 16.7. The second-order valence-corrected chi connectivity index (χ2v) is 8.89. The predicted molar refractivity (Wildman–Crippen MR) is 116 cm³/mol. The quantitative estimate of drug-likeness (QED) is 0.497. The van der Waals surface area contributed by atoms with Crippen molar-refractivity contribution >= 4 is 27.3 Å². The van der Waals surface area contributed by atoms with E-state index in [2.05, 4.69) is 0 Å². The highest BCUT2D eigenvalue weighted by Gasteiger charge is 2.27. The summed E-state index contributed by atoms with van der Waals surface area (Å²) in [4.78, 5) is -0.104. The summed E-state index contributed by atoms with van der Waals surface area (Å²) in [6, 6.07) is 15.2. The molecule has 0 aliphatic carbocycles. The van der Waals surface area contributed by atoms with E-state index in [9.17, 15) is 12.8 Å². The van der Waals surface area contributed by atoms with Crippen molar-refractivity contribution in [3.05, 3.63) is 82.6 Å². The molecule has 0 bridgehead atoms. The number of halogens is 2. The highest BCUT2D eigenvalue weighted by molar-refractivity contribution is 7.92. The zero-order chi connectivity index (χ0) is 21.9. The lowest BCUT2D eigenvalue weighted by Gasteiger charge is -2.26. The standard InChI is InChI=1S/C22H21ClFNO4S/c1-15-4-7-18(24)12-22(15)30(26,27)25(19-8-5-17(23)6-9-19)14-16-10-20(28-2)13-21(11-16)29-3/h4-13H,14H2,1-3H3. The third-order valence-corrected chi connectivity index (χ3v) is 6.74. The number of hydrogen-bond acceptors (Lipinski definition) is 4. The van der Waals surface area contributed by atoms with Crippen LogP contribution < -0.4 is 13.8 Å². The summed E-state index contributed by atoms with van der Waals surface area (Å²) < 4.78 is 52.8. The molecule has 30 heavy (non-hydrogen) atoms. The fourth-order valence-corrected chi connectivity index (χ4v) is 4.83. The number of aryl methyl sites for hydroxylation is 1. The molecule has 5 nitrogen and oxygen atoms in total. The number of sulfonamides is 1. The summed E-state index contributed by atoms with van der Waals surface area (Å²) in [7, 11) is -1.06. The van der Waals surface area contributed by atoms with Gasteiger partial charge in [0.2, 0.25) is 0 Å². The van der Waals surface area contributed by atoms with E-state index in [0.29, 0.717) is 33.3 Å². The molecule has 0 saturated carbocycles. The Morgan fingerprint density at radius 1 is 0.933 bits per heavy atom. The van der Waals surface area contributed by atoms with Gasteiger partial charge in [0.15, 0.2) is 0 Å². The molecular weight excluding hydrogens is 429 g/mol.